The highest BCUT2D eigenvalue weighted by molar-refractivity contribution is 6.30. The third-order valence-corrected chi connectivity index (χ3v) is 7.28. The quantitative estimate of drug-likeness (QED) is 0.378. The van der Waals surface area contributed by atoms with Gasteiger partial charge in [0.15, 0.2) is 17.5 Å². The number of nitrogens with zero attached hydrogens (tertiary/aromatic N) is 4. The Hall–Kier alpha value is -2.51. The molecule has 0 radical (unpaired) electrons. The fourth-order valence-electron chi connectivity index (χ4n) is 5.17. The van der Waals surface area contributed by atoms with E-state index in [0.29, 0.717) is 35.4 Å². The van der Waals surface area contributed by atoms with E-state index in [2.05, 4.69) is 48.0 Å². The van der Waals surface area contributed by atoms with Gasteiger partial charge in [0.2, 0.25) is 0 Å². The van der Waals surface area contributed by atoms with Crippen LogP contribution >= 0.6 is 11.6 Å². The van der Waals surface area contributed by atoms with E-state index in [-0.39, 0.29) is 28.0 Å². The molecule has 3 aromatic rings. The van der Waals surface area contributed by atoms with Crippen LogP contribution in [0.5, 0.6) is 0 Å². The second kappa shape index (κ2) is 10.5. The van der Waals surface area contributed by atoms with E-state index < -0.39 is 0 Å². The van der Waals surface area contributed by atoms with Crippen molar-refractivity contribution >= 4 is 23.2 Å². The maximum atomic E-state index is 15.0. The standard InChI is InChI=1S/C28H36ClF2N5/c1-17-12-22(32-27(25(17)30)33-24-14-19(3)36(34-24)28(4,5)6)15-20-10-11-35(18(2)13-20)16-21-8-7-9-23(29)26(21)31/h7-9,12,14,18,20H,10-11,13,15-16H2,1-6H3,(H,32,33,34)/t18-,20+/m1/s1. The van der Waals surface area contributed by atoms with Gasteiger partial charge in [0.05, 0.1) is 10.6 Å². The second-order valence-electron chi connectivity index (χ2n) is 11.1. The number of benzene rings is 1. The molecule has 1 fully saturated rings. The van der Waals surface area contributed by atoms with E-state index >= 15 is 0 Å². The van der Waals surface area contributed by atoms with Gasteiger partial charge in [-0.25, -0.2) is 13.8 Å². The predicted octanol–water partition coefficient (Wildman–Crippen LogP) is 7.17. The van der Waals surface area contributed by atoms with Crippen molar-refractivity contribution in [2.45, 2.75) is 78.9 Å². The van der Waals surface area contributed by atoms with Crippen LogP contribution in [0, 0.1) is 31.4 Å². The van der Waals surface area contributed by atoms with E-state index in [9.17, 15) is 8.78 Å². The first-order valence-corrected chi connectivity index (χ1v) is 13.0. The lowest BCUT2D eigenvalue weighted by atomic mass is 9.87. The molecule has 36 heavy (non-hydrogen) atoms. The van der Waals surface area contributed by atoms with Crippen LogP contribution in [0.15, 0.2) is 30.3 Å². The minimum atomic E-state index is -0.353. The highest BCUT2D eigenvalue weighted by Crippen LogP contribution is 2.30. The molecule has 0 spiro atoms. The van der Waals surface area contributed by atoms with E-state index in [1.165, 1.54) is 0 Å². The highest BCUT2D eigenvalue weighted by Gasteiger charge is 2.27. The van der Waals surface area contributed by atoms with Crippen LogP contribution in [0.4, 0.5) is 20.4 Å². The summed E-state index contributed by atoms with van der Waals surface area (Å²) in [5.74, 6) is 0.537. The topological polar surface area (TPSA) is 46.0 Å². The molecule has 2 atom stereocenters. The lowest BCUT2D eigenvalue weighted by Crippen LogP contribution is -2.40. The Balaban J connectivity index is 1.44. The monoisotopic (exact) mass is 515 g/mol. The number of rotatable bonds is 6. The molecular weight excluding hydrogens is 480 g/mol. The van der Waals surface area contributed by atoms with E-state index in [1.807, 2.05) is 23.7 Å². The molecular formula is C28H36ClF2N5. The molecule has 0 bridgehead atoms. The van der Waals surface area contributed by atoms with Crippen molar-refractivity contribution in [3.8, 4) is 0 Å². The van der Waals surface area contributed by atoms with Gasteiger partial charge in [0, 0.05) is 35.6 Å². The van der Waals surface area contributed by atoms with Crippen molar-refractivity contribution in [3.05, 3.63) is 69.5 Å². The number of hydrogen-bond donors (Lipinski definition) is 1. The molecule has 194 valence electrons. The molecule has 1 aliphatic rings. The maximum Gasteiger partial charge on any atom is 0.168 e. The molecule has 0 saturated carbocycles. The molecule has 0 unspecified atom stereocenters. The molecule has 1 saturated heterocycles. The zero-order valence-corrected chi connectivity index (χ0v) is 22.8. The van der Waals surface area contributed by atoms with Crippen LogP contribution in [0.1, 0.15) is 63.1 Å². The van der Waals surface area contributed by atoms with Crippen LogP contribution in [0.25, 0.3) is 0 Å². The number of aryl methyl sites for hydroxylation is 2. The van der Waals surface area contributed by atoms with Gasteiger partial charge in [-0.3, -0.25) is 9.58 Å². The number of likely N-dealkylation sites (tertiary alicyclic amines) is 1. The maximum absolute atomic E-state index is 15.0. The first-order chi connectivity index (χ1) is 16.9. The zero-order chi connectivity index (χ0) is 26.2. The minimum absolute atomic E-state index is 0.164. The number of nitrogens with one attached hydrogen (secondary N) is 1. The summed E-state index contributed by atoms with van der Waals surface area (Å²) in [6, 6.07) is 9.22. The SMILES string of the molecule is Cc1cc(C[C@H]2CCN(Cc3cccc(Cl)c3F)[C@H](C)C2)nc(Nc2cc(C)n(C(C)(C)C)n2)c1F. The van der Waals surface area contributed by atoms with Gasteiger partial charge in [0.1, 0.15) is 5.82 Å². The first-order valence-electron chi connectivity index (χ1n) is 12.6. The third kappa shape index (κ3) is 5.89. The number of hydrogen-bond acceptors (Lipinski definition) is 4. The van der Waals surface area contributed by atoms with Crippen molar-refractivity contribution in [2.75, 3.05) is 11.9 Å². The molecule has 1 N–H and O–H groups in total. The second-order valence-corrected chi connectivity index (χ2v) is 11.5. The molecule has 2 aromatic heterocycles. The summed E-state index contributed by atoms with van der Waals surface area (Å²) in [6.07, 6.45) is 2.72. The number of pyridine rings is 1. The Morgan fingerprint density at radius 2 is 1.89 bits per heavy atom. The minimum Gasteiger partial charge on any atom is -0.321 e. The van der Waals surface area contributed by atoms with Crippen LogP contribution in [0.2, 0.25) is 5.02 Å². The van der Waals surface area contributed by atoms with E-state index in [0.717, 1.165) is 37.2 Å². The van der Waals surface area contributed by atoms with Crippen LogP contribution in [0.3, 0.4) is 0 Å². The first kappa shape index (κ1) is 26.6. The Labute approximate surface area is 217 Å². The van der Waals surface area contributed by atoms with Gasteiger partial charge in [-0.05, 0) is 91.0 Å². The Bertz CT molecular complexity index is 1230. The molecule has 4 rings (SSSR count). The van der Waals surface area contributed by atoms with Gasteiger partial charge in [-0.2, -0.15) is 5.10 Å². The van der Waals surface area contributed by atoms with E-state index in [1.54, 1.807) is 25.1 Å². The average Bonchev–Trinajstić information content (AvgIpc) is 3.17. The molecule has 3 heterocycles. The van der Waals surface area contributed by atoms with Gasteiger partial charge in [-0.1, -0.05) is 23.7 Å². The van der Waals surface area contributed by atoms with Crippen LogP contribution < -0.4 is 5.32 Å². The third-order valence-electron chi connectivity index (χ3n) is 6.99. The van der Waals surface area contributed by atoms with Gasteiger partial charge < -0.3 is 5.32 Å². The zero-order valence-electron chi connectivity index (χ0n) is 22.0. The summed E-state index contributed by atoms with van der Waals surface area (Å²) < 4.78 is 31.3. The van der Waals surface area contributed by atoms with Crippen molar-refractivity contribution in [1.82, 2.24) is 19.7 Å². The van der Waals surface area contributed by atoms with Gasteiger partial charge in [-0.15, -0.1) is 0 Å². The molecule has 0 amide bonds. The summed E-state index contributed by atoms with van der Waals surface area (Å²) in [7, 11) is 0. The molecule has 0 aliphatic carbocycles. The fraction of sp³-hybridized carbons (Fsp3) is 0.500. The lowest BCUT2D eigenvalue weighted by molar-refractivity contribution is 0.114. The van der Waals surface area contributed by atoms with Crippen molar-refractivity contribution < 1.29 is 8.78 Å². The van der Waals surface area contributed by atoms with Crippen LogP contribution in [-0.4, -0.2) is 32.3 Å². The van der Waals surface area contributed by atoms with Gasteiger partial charge >= 0.3 is 0 Å². The smallest absolute Gasteiger partial charge is 0.168 e. The molecule has 5 nitrogen and oxygen atoms in total. The molecule has 1 aliphatic heterocycles. The Morgan fingerprint density at radius 1 is 1.14 bits per heavy atom. The summed E-state index contributed by atoms with van der Waals surface area (Å²) in [6.45, 7) is 13.6. The number of anilines is 2. The van der Waals surface area contributed by atoms with Gasteiger partial charge in [0.25, 0.3) is 0 Å². The van der Waals surface area contributed by atoms with E-state index in [4.69, 9.17) is 11.6 Å². The summed E-state index contributed by atoms with van der Waals surface area (Å²) in [4.78, 5) is 6.94. The number of aromatic nitrogens is 3. The number of halogens is 3. The van der Waals surface area contributed by atoms with Crippen LogP contribution in [-0.2, 0) is 18.5 Å². The van der Waals surface area contributed by atoms with Crippen molar-refractivity contribution in [3.63, 3.8) is 0 Å². The van der Waals surface area contributed by atoms with Crippen molar-refractivity contribution in [1.29, 1.82) is 0 Å². The average molecular weight is 516 g/mol. The van der Waals surface area contributed by atoms with Crippen molar-refractivity contribution in [2.24, 2.45) is 5.92 Å². The largest absolute Gasteiger partial charge is 0.321 e. The lowest BCUT2D eigenvalue weighted by Gasteiger charge is -2.38. The summed E-state index contributed by atoms with van der Waals surface area (Å²) in [5, 5.41) is 7.88. The Kier molecular flexibility index (Phi) is 7.72. The molecule has 1 aromatic carbocycles. The molecule has 8 heteroatoms. The normalized spacial score (nSPS) is 19.0. The highest BCUT2D eigenvalue weighted by atomic mass is 35.5. The summed E-state index contributed by atoms with van der Waals surface area (Å²) in [5.41, 5.74) is 2.89. The number of piperidine rings is 1. The summed E-state index contributed by atoms with van der Waals surface area (Å²) >= 11 is 5.96. The Morgan fingerprint density at radius 3 is 2.56 bits per heavy atom. The fourth-order valence-corrected chi connectivity index (χ4v) is 5.37. The predicted molar refractivity (Wildman–Crippen MR) is 142 cm³/mol.